The number of ether oxygens (including phenoxy) is 1. The maximum absolute atomic E-state index is 11.4. The van der Waals surface area contributed by atoms with Crippen LogP contribution >= 0.6 is 0 Å². The monoisotopic (exact) mass is 326 g/mol. The fraction of sp³-hybridized carbons (Fsp3) is 0.450. The first kappa shape index (κ1) is 18.1. The van der Waals surface area contributed by atoms with E-state index in [0.717, 1.165) is 11.3 Å². The number of hydrogen-bond acceptors (Lipinski definition) is 4. The zero-order chi connectivity index (χ0) is 17.7. The van der Waals surface area contributed by atoms with Crippen LogP contribution in [0.4, 0.5) is 0 Å². The lowest BCUT2D eigenvalue weighted by Crippen LogP contribution is -2.19. The van der Waals surface area contributed by atoms with Crippen molar-refractivity contribution in [3.63, 3.8) is 0 Å². The van der Waals surface area contributed by atoms with Crippen LogP contribution in [0.2, 0.25) is 0 Å². The molecule has 4 nitrogen and oxygen atoms in total. The summed E-state index contributed by atoms with van der Waals surface area (Å²) in [6, 6.07) is 0. The topological polar surface area (TPSA) is 52.1 Å². The van der Waals surface area contributed by atoms with E-state index in [1.165, 1.54) is 43.7 Å². The van der Waals surface area contributed by atoms with Crippen molar-refractivity contribution < 1.29 is 9.53 Å². The van der Waals surface area contributed by atoms with Crippen LogP contribution < -0.4 is 0 Å². The van der Waals surface area contributed by atoms with Gasteiger partial charge in [-0.3, -0.25) is 4.98 Å². The van der Waals surface area contributed by atoms with Crippen molar-refractivity contribution in [2.24, 2.45) is 5.41 Å². The van der Waals surface area contributed by atoms with Crippen molar-refractivity contribution in [2.75, 3.05) is 7.11 Å². The van der Waals surface area contributed by atoms with E-state index >= 15 is 0 Å². The molecule has 0 atom stereocenters. The number of esters is 1. The van der Waals surface area contributed by atoms with Gasteiger partial charge < -0.3 is 4.74 Å². The SMILES string of the molecule is COC(=O)c1cnc(/C=C(\C)C=CC2=C(C)CCCC2(C)C)cn1. The largest absolute Gasteiger partial charge is 0.464 e. The van der Waals surface area contributed by atoms with Crippen LogP contribution in [-0.2, 0) is 4.74 Å². The summed E-state index contributed by atoms with van der Waals surface area (Å²) in [6.07, 6.45) is 13.0. The van der Waals surface area contributed by atoms with Gasteiger partial charge in [-0.15, -0.1) is 0 Å². The highest BCUT2D eigenvalue weighted by Crippen LogP contribution is 2.40. The zero-order valence-corrected chi connectivity index (χ0v) is 15.2. The average Bonchev–Trinajstić information content (AvgIpc) is 2.53. The molecule has 0 unspecified atom stereocenters. The Morgan fingerprint density at radius 1 is 1.29 bits per heavy atom. The first-order valence-electron chi connectivity index (χ1n) is 8.30. The normalized spacial score (nSPS) is 18.1. The highest BCUT2D eigenvalue weighted by molar-refractivity contribution is 5.86. The Hall–Kier alpha value is -2.23. The molecule has 1 aliphatic carbocycles. The lowest BCUT2D eigenvalue weighted by atomic mass is 9.72. The summed E-state index contributed by atoms with van der Waals surface area (Å²) < 4.78 is 4.62. The van der Waals surface area contributed by atoms with E-state index in [4.69, 9.17) is 0 Å². The van der Waals surface area contributed by atoms with Crippen LogP contribution in [0.3, 0.4) is 0 Å². The third kappa shape index (κ3) is 4.40. The fourth-order valence-electron chi connectivity index (χ4n) is 3.13. The van der Waals surface area contributed by atoms with Gasteiger partial charge in [0.15, 0.2) is 5.69 Å². The van der Waals surface area contributed by atoms with Gasteiger partial charge in [-0.2, -0.15) is 0 Å². The molecule has 0 fully saturated rings. The highest BCUT2D eigenvalue weighted by atomic mass is 16.5. The molecule has 2 rings (SSSR count). The molecule has 0 amide bonds. The first-order valence-corrected chi connectivity index (χ1v) is 8.30. The number of allylic oxidation sites excluding steroid dienone is 5. The van der Waals surface area contributed by atoms with Gasteiger partial charge in [0.1, 0.15) is 0 Å². The summed E-state index contributed by atoms with van der Waals surface area (Å²) >= 11 is 0. The third-order valence-electron chi connectivity index (χ3n) is 4.50. The number of nitrogens with zero attached hydrogens (tertiary/aromatic N) is 2. The van der Waals surface area contributed by atoms with Crippen molar-refractivity contribution in [1.82, 2.24) is 9.97 Å². The van der Waals surface area contributed by atoms with Gasteiger partial charge in [0, 0.05) is 0 Å². The van der Waals surface area contributed by atoms with Gasteiger partial charge in [0.05, 0.1) is 25.2 Å². The second kappa shape index (κ2) is 7.56. The molecular formula is C20H26N2O2. The second-order valence-corrected chi connectivity index (χ2v) is 6.97. The molecule has 0 saturated heterocycles. The van der Waals surface area contributed by atoms with Gasteiger partial charge in [-0.05, 0) is 55.7 Å². The molecule has 4 heteroatoms. The smallest absolute Gasteiger partial charge is 0.358 e. The molecule has 0 bridgehead atoms. The van der Waals surface area contributed by atoms with Gasteiger partial charge in [0.25, 0.3) is 0 Å². The Bertz CT molecular complexity index is 695. The summed E-state index contributed by atoms with van der Waals surface area (Å²) in [4.78, 5) is 19.7. The lowest BCUT2D eigenvalue weighted by Gasteiger charge is -2.32. The molecule has 1 aromatic heterocycles. The van der Waals surface area contributed by atoms with Crippen LogP contribution in [0.5, 0.6) is 0 Å². The maximum atomic E-state index is 11.4. The van der Waals surface area contributed by atoms with Crippen molar-refractivity contribution in [2.45, 2.75) is 47.0 Å². The fourth-order valence-corrected chi connectivity index (χ4v) is 3.13. The van der Waals surface area contributed by atoms with Gasteiger partial charge in [0.2, 0.25) is 0 Å². The summed E-state index contributed by atoms with van der Waals surface area (Å²) in [6.45, 7) is 8.89. The van der Waals surface area contributed by atoms with Gasteiger partial charge in [-0.1, -0.05) is 31.6 Å². The third-order valence-corrected chi connectivity index (χ3v) is 4.50. The molecule has 128 valence electrons. The predicted octanol–water partition coefficient (Wildman–Crippen LogP) is 4.75. The summed E-state index contributed by atoms with van der Waals surface area (Å²) in [5, 5.41) is 0. The number of rotatable bonds is 4. The highest BCUT2D eigenvalue weighted by Gasteiger charge is 2.26. The number of carbonyl (C=O) groups excluding carboxylic acids is 1. The van der Waals surface area contributed by atoms with Crippen LogP contribution in [0.15, 0.2) is 41.3 Å². The molecule has 0 aliphatic heterocycles. The Morgan fingerprint density at radius 2 is 2.04 bits per heavy atom. The molecule has 0 aromatic carbocycles. The predicted molar refractivity (Wildman–Crippen MR) is 96.5 cm³/mol. The van der Waals surface area contributed by atoms with Crippen LogP contribution in [0.1, 0.15) is 63.1 Å². The minimum absolute atomic E-state index is 0.215. The molecule has 24 heavy (non-hydrogen) atoms. The molecule has 0 spiro atoms. The van der Waals surface area contributed by atoms with E-state index in [2.05, 4.69) is 47.6 Å². The Kier molecular flexibility index (Phi) is 5.71. The first-order chi connectivity index (χ1) is 11.3. The number of methoxy groups -OCH3 is 1. The van der Waals surface area contributed by atoms with Gasteiger partial charge in [-0.25, -0.2) is 9.78 Å². The average molecular weight is 326 g/mol. The lowest BCUT2D eigenvalue weighted by molar-refractivity contribution is 0.0593. The molecule has 0 saturated carbocycles. The van der Waals surface area contributed by atoms with E-state index in [-0.39, 0.29) is 11.1 Å². The number of aromatic nitrogens is 2. The maximum Gasteiger partial charge on any atom is 0.358 e. The Labute approximate surface area is 144 Å². The van der Waals surface area contributed by atoms with Crippen LogP contribution in [-0.4, -0.2) is 23.0 Å². The van der Waals surface area contributed by atoms with Crippen molar-refractivity contribution in [3.8, 4) is 0 Å². The summed E-state index contributed by atoms with van der Waals surface area (Å²) in [5.74, 6) is -0.475. The molecular weight excluding hydrogens is 300 g/mol. The minimum Gasteiger partial charge on any atom is -0.464 e. The molecule has 1 heterocycles. The molecule has 0 N–H and O–H groups in total. The van der Waals surface area contributed by atoms with E-state index in [1.807, 2.05) is 13.0 Å². The van der Waals surface area contributed by atoms with Crippen LogP contribution in [0, 0.1) is 5.41 Å². The number of carbonyl (C=O) groups is 1. The van der Waals surface area contributed by atoms with Crippen molar-refractivity contribution in [3.05, 3.63) is 52.7 Å². The molecule has 1 aliphatic rings. The van der Waals surface area contributed by atoms with E-state index < -0.39 is 5.97 Å². The number of hydrogen-bond donors (Lipinski definition) is 0. The summed E-state index contributed by atoms with van der Waals surface area (Å²) in [5.41, 5.74) is 5.19. The van der Waals surface area contributed by atoms with Crippen molar-refractivity contribution in [1.29, 1.82) is 0 Å². The van der Waals surface area contributed by atoms with Crippen molar-refractivity contribution >= 4 is 12.0 Å². The zero-order valence-electron chi connectivity index (χ0n) is 15.2. The Balaban J connectivity index is 2.15. The van der Waals surface area contributed by atoms with E-state index in [0.29, 0.717) is 0 Å². The van der Waals surface area contributed by atoms with Crippen LogP contribution in [0.25, 0.3) is 6.08 Å². The second-order valence-electron chi connectivity index (χ2n) is 6.97. The quantitative estimate of drug-likeness (QED) is 0.592. The van der Waals surface area contributed by atoms with Gasteiger partial charge >= 0.3 is 5.97 Å². The molecule has 0 radical (unpaired) electrons. The van der Waals surface area contributed by atoms with E-state index in [1.54, 1.807) is 6.20 Å². The Morgan fingerprint density at radius 3 is 2.62 bits per heavy atom. The molecule has 1 aromatic rings. The summed E-state index contributed by atoms with van der Waals surface area (Å²) in [7, 11) is 1.33. The standard InChI is InChI=1S/C20H26N2O2/c1-14(8-9-17-15(2)7-6-10-20(17,3)4)11-16-12-22-18(13-21-16)19(23)24-5/h8-9,11-13H,6-7,10H2,1-5H3/b9-8?,14-11+. The van der Waals surface area contributed by atoms with E-state index in [9.17, 15) is 4.79 Å². The minimum atomic E-state index is -0.475.